The molecule has 3 heteroatoms. The maximum absolute atomic E-state index is 4.40. The van der Waals surface area contributed by atoms with E-state index in [0.29, 0.717) is 0 Å². The molecular weight excluding hydrogens is 258 g/mol. The predicted molar refractivity (Wildman–Crippen MR) is 86.3 cm³/mol. The second-order valence-electron chi connectivity index (χ2n) is 6.17. The van der Waals surface area contributed by atoms with Crippen LogP contribution in [-0.4, -0.2) is 27.5 Å². The summed E-state index contributed by atoms with van der Waals surface area (Å²) < 4.78 is 2.21. The van der Waals surface area contributed by atoms with Gasteiger partial charge in [0.2, 0.25) is 0 Å². The summed E-state index contributed by atoms with van der Waals surface area (Å²) in [6, 6.07) is 11.0. The number of hydrogen-bond donors (Lipinski definition) is 0. The third-order valence-corrected chi connectivity index (χ3v) is 4.79. The highest BCUT2D eigenvalue weighted by Crippen LogP contribution is 2.28. The molecule has 0 radical (unpaired) electrons. The minimum atomic E-state index is 0.726. The van der Waals surface area contributed by atoms with Crippen LogP contribution in [0.3, 0.4) is 0 Å². The summed E-state index contributed by atoms with van der Waals surface area (Å²) in [5, 5.41) is 0. The van der Waals surface area contributed by atoms with E-state index in [1.807, 2.05) is 6.20 Å². The van der Waals surface area contributed by atoms with E-state index in [1.165, 1.54) is 43.6 Å². The molecule has 1 aliphatic heterocycles. The fourth-order valence-corrected chi connectivity index (χ4v) is 3.30. The molecule has 2 heterocycles. The second kappa shape index (κ2) is 6.44. The molecular formula is C18H25N3. The van der Waals surface area contributed by atoms with Crippen LogP contribution in [0.5, 0.6) is 0 Å². The van der Waals surface area contributed by atoms with E-state index in [1.54, 1.807) is 0 Å². The van der Waals surface area contributed by atoms with Crippen molar-refractivity contribution in [2.24, 2.45) is 7.05 Å². The van der Waals surface area contributed by atoms with Gasteiger partial charge in [-0.05, 0) is 50.8 Å². The molecule has 0 saturated carbocycles. The van der Waals surface area contributed by atoms with Gasteiger partial charge in [0.1, 0.15) is 5.82 Å². The molecule has 0 N–H and O–H groups in total. The van der Waals surface area contributed by atoms with E-state index in [0.717, 1.165) is 18.3 Å². The van der Waals surface area contributed by atoms with E-state index in [-0.39, 0.29) is 0 Å². The van der Waals surface area contributed by atoms with E-state index < -0.39 is 0 Å². The molecule has 3 rings (SSSR count). The zero-order valence-electron chi connectivity index (χ0n) is 13.1. The molecule has 1 aliphatic rings. The van der Waals surface area contributed by atoms with Crippen LogP contribution in [-0.2, 0) is 13.6 Å². The highest BCUT2D eigenvalue weighted by atomic mass is 15.2. The Kier molecular flexibility index (Phi) is 4.39. The Morgan fingerprint density at radius 1 is 1.14 bits per heavy atom. The second-order valence-corrected chi connectivity index (χ2v) is 6.17. The summed E-state index contributed by atoms with van der Waals surface area (Å²) in [6.45, 7) is 5.48. The Hall–Kier alpha value is -1.61. The highest BCUT2D eigenvalue weighted by Gasteiger charge is 2.19. The first kappa shape index (κ1) is 14.3. The Bertz CT molecular complexity index is 573. The van der Waals surface area contributed by atoms with E-state index in [4.69, 9.17) is 0 Å². The largest absolute Gasteiger partial charge is 0.334 e. The molecule has 1 saturated heterocycles. The van der Waals surface area contributed by atoms with Crippen LogP contribution < -0.4 is 0 Å². The van der Waals surface area contributed by atoms with Crippen molar-refractivity contribution in [2.45, 2.75) is 38.6 Å². The number of aryl methyl sites for hydroxylation is 1. The average Bonchev–Trinajstić information content (AvgIpc) is 2.72. The Morgan fingerprint density at radius 3 is 2.67 bits per heavy atom. The number of imidazole rings is 1. The van der Waals surface area contributed by atoms with Crippen molar-refractivity contribution in [2.75, 3.05) is 13.1 Å². The van der Waals surface area contributed by atoms with Crippen molar-refractivity contribution in [1.29, 1.82) is 0 Å². The topological polar surface area (TPSA) is 21.1 Å². The van der Waals surface area contributed by atoms with Gasteiger partial charge in [-0.15, -0.1) is 0 Å². The number of likely N-dealkylation sites (tertiary alicyclic amines) is 1. The summed E-state index contributed by atoms with van der Waals surface area (Å²) in [5.74, 6) is 1.83. The smallest absolute Gasteiger partial charge is 0.105 e. The molecule has 0 amide bonds. The van der Waals surface area contributed by atoms with Gasteiger partial charge in [-0.2, -0.15) is 0 Å². The molecule has 0 spiro atoms. The van der Waals surface area contributed by atoms with Gasteiger partial charge >= 0.3 is 0 Å². The van der Waals surface area contributed by atoms with E-state index in [9.17, 15) is 0 Å². The molecule has 3 nitrogen and oxygen atoms in total. The minimum Gasteiger partial charge on any atom is -0.334 e. The van der Waals surface area contributed by atoms with Crippen LogP contribution >= 0.6 is 0 Å². The molecule has 2 aromatic rings. The van der Waals surface area contributed by atoms with Crippen molar-refractivity contribution >= 4 is 0 Å². The number of hydrogen-bond acceptors (Lipinski definition) is 2. The third-order valence-electron chi connectivity index (χ3n) is 4.79. The maximum Gasteiger partial charge on any atom is 0.105 e. The first-order valence-corrected chi connectivity index (χ1v) is 7.98. The number of aromatic nitrogens is 2. The summed E-state index contributed by atoms with van der Waals surface area (Å²) in [4.78, 5) is 6.99. The fraction of sp³-hybridized carbons (Fsp3) is 0.500. The van der Waals surface area contributed by atoms with Crippen LogP contribution in [0.15, 0.2) is 36.5 Å². The molecule has 0 aliphatic carbocycles. The van der Waals surface area contributed by atoms with Crippen molar-refractivity contribution in [3.05, 3.63) is 53.6 Å². The summed E-state index contributed by atoms with van der Waals surface area (Å²) in [7, 11) is 2.11. The molecule has 1 aromatic carbocycles. The van der Waals surface area contributed by atoms with Gasteiger partial charge in [0.05, 0.1) is 5.69 Å². The minimum absolute atomic E-state index is 0.726. The first-order chi connectivity index (χ1) is 10.2. The molecule has 112 valence electrons. The quantitative estimate of drug-likeness (QED) is 0.859. The predicted octanol–water partition coefficient (Wildman–Crippen LogP) is 3.50. The molecule has 1 atom stereocenters. The monoisotopic (exact) mass is 283 g/mol. The molecule has 21 heavy (non-hydrogen) atoms. The van der Waals surface area contributed by atoms with Gasteiger partial charge in [0.25, 0.3) is 0 Å². The molecule has 0 bridgehead atoms. The van der Waals surface area contributed by atoms with E-state index in [2.05, 4.69) is 58.8 Å². The van der Waals surface area contributed by atoms with Crippen LogP contribution in [0, 0.1) is 6.92 Å². The van der Waals surface area contributed by atoms with Crippen LogP contribution in [0.1, 0.15) is 42.3 Å². The normalized spacial score (nSPS) is 20.4. The van der Waals surface area contributed by atoms with Crippen molar-refractivity contribution in [1.82, 2.24) is 14.5 Å². The zero-order chi connectivity index (χ0) is 14.7. The average molecular weight is 283 g/mol. The summed E-state index contributed by atoms with van der Waals surface area (Å²) in [6.07, 6.45) is 5.89. The SMILES string of the molecule is Cc1ncc(CN2CCCC(c3ccccc3)CC2)n1C. The maximum atomic E-state index is 4.40. The lowest BCUT2D eigenvalue weighted by molar-refractivity contribution is 0.269. The number of rotatable bonds is 3. The lowest BCUT2D eigenvalue weighted by Gasteiger charge is -2.20. The van der Waals surface area contributed by atoms with Crippen molar-refractivity contribution in [3.8, 4) is 0 Å². The zero-order valence-corrected chi connectivity index (χ0v) is 13.1. The van der Waals surface area contributed by atoms with E-state index >= 15 is 0 Å². The van der Waals surface area contributed by atoms with Crippen molar-refractivity contribution in [3.63, 3.8) is 0 Å². The van der Waals surface area contributed by atoms with Crippen LogP contribution in [0.25, 0.3) is 0 Å². The lowest BCUT2D eigenvalue weighted by atomic mass is 9.92. The number of benzene rings is 1. The van der Waals surface area contributed by atoms with Gasteiger partial charge in [0, 0.05) is 19.8 Å². The Balaban J connectivity index is 1.62. The van der Waals surface area contributed by atoms with Gasteiger partial charge in [-0.25, -0.2) is 4.98 Å². The van der Waals surface area contributed by atoms with Crippen molar-refractivity contribution < 1.29 is 0 Å². The van der Waals surface area contributed by atoms with Gasteiger partial charge < -0.3 is 4.57 Å². The van der Waals surface area contributed by atoms with Gasteiger partial charge in [0.15, 0.2) is 0 Å². The molecule has 1 aromatic heterocycles. The fourth-order valence-electron chi connectivity index (χ4n) is 3.30. The lowest BCUT2D eigenvalue weighted by Crippen LogP contribution is -2.25. The standard InChI is InChI=1S/C18H25N3/c1-15-19-13-18(20(15)2)14-21-11-6-9-17(10-12-21)16-7-4-3-5-8-16/h3-5,7-8,13,17H,6,9-12,14H2,1-2H3. The first-order valence-electron chi connectivity index (χ1n) is 7.98. The number of nitrogens with zero attached hydrogens (tertiary/aromatic N) is 3. The molecule has 1 unspecified atom stereocenters. The van der Waals surface area contributed by atoms with Gasteiger partial charge in [-0.1, -0.05) is 30.3 Å². The Labute approximate surface area is 127 Å². The third kappa shape index (κ3) is 3.35. The molecule has 1 fully saturated rings. The van der Waals surface area contributed by atoms with Crippen LogP contribution in [0.4, 0.5) is 0 Å². The summed E-state index contributed by atoms with van der Waals surface area (Å²) in [5.41, 5.74) is 2.83. The van der Waals surface area contributed by atoms with Crippen LogP contribution in [0.2, 0.25) is 0 Å². The summed E-state index contributed by atoms with van der Waals surface area (Å²) >= 11 is 0. The highest BCUT2D eigenvalue weighted by molar-refractivity contribution is 5.19. The Morgan fingerprint density at radius 2 is 1.95 bits per heavy atom. The van der Waals surface area contributed by atoms with Gasteiger partial charge in [-0.3, -0.25) is 4.90 Å².